The summed E-state index contributed by atoms with van der Waals surface area (Å²) in [7, 11) is 0. The molecule has 1 aromatic rings. The zero-order valence-corrected chi connectivity index (χ0v) is 13.0. The van der Waals surface area contributed by atoms with Gasteiger partial charge in [0.05, 0.1) is 0 Å². The van der Waals surface area contributed by atoms with E-state index in [0.29, 0.717) is 18.8 Å². The fraction of sp³-hybridized carbons (Fsp3) is 0.533. The molecule has 0 radical (unpaired) electrons. The van der Waals surface area contributed by atoms with Crippen molar-refractivity contribution in [2.45, 2.75) is 40.7 Å². The summed E-state index contributed by atoms with van der Waals surface area (Å²) in [6.07, 6.45) is -0.486. The van der Waals surface area contributed by atoms with Crippen molar-refractivity contribution in [2.24, 2.45) is 0 Å². The van der Waals surface area contributed by atoms with E-state index in [4.69, 9.17) is 16.3 Å². The van der Waals surface area contributed by atoms with E-state index in [9.17, 15) is 4.79 Å². The van der Waals surface area contributed by atoms with Crippen molar-refractivity contribution in [3.63, 3.8) is 0 Å². The van der Waals surface area contributed by atoms with Gasteiger partial charge in [0.2, 0.25) is 0 Å². The van der Waals surface area contributed by atoms with E-state index in [1.165, 1.54) is 0 Å². The minimum Gasteiger partial charge on any atom is -0.481 e. The molecule has 0 aliphatic heterocycles. The van der Waals surface area contributed by atoms with Crippen molar-refractivity contribution < 1.29 is 9.53 Å². The molecular formula is C15H22ClNO2. The van der Waals surface area contributed by atoms with Crippen LogP contribution in [0.3, 0.4) is 0 Å². The summed E-state index contributed by atoms with van der Waals surface area (Å²) in [5, 5.41) is 0.745. The number of benzene rings is 1. The van der Waals surface area contributed by atoms with Crippen molar-refractivity contribution in [1.29, 1.82) is 0 Å². The molecule has 0 heterocycles. The SMILES string of the molecule is CCN(CC)C(=O)[C@@H](C)Oc1cc(C)c(Cl)c(C)c1. The average molecular weight is 284 g/mol. The molecule has 4 heteroatoms. The Labute approximate surface area is 120 Å². The van der Waals surface area contributed by atoms with E-state index < -0.39 is 6.10 Å². The summed E-state index contributed by atoms with van der Waals surface area (Å²) in [5.74, 6) is 0.697. The van der Waals surface area contributed by atoms with E-state index in [0.717, 1.165) is 16.1 Å². The summed E-state index contributed by atoms with van der Waals surface area (Å²) in [5.41, 5.74) is 1.92. The second kappa shape index (κ2) is 6.80. The van der Waals surface area contributed by atoms with E-state index in [1.54, 1.807) is 11.8 Å². The Hall–Kier alpha value is -1.22. The zero-order chi connectivity index (χ0) is 14.6. The molecular weight excluding hydrogens is 262 g/mol. The van der Waals surface area contributed by atoms with Gasteiger partial charge < -0.3 is 9.64 Å². The number of ether oxygens (including phenoxy) is 1. The number of likely N-dealkylation sites (N-methyl/N-ethyl adjacent to an activating group) is 1. The number of hydrogen-bond acceptors (Lipinski definition) is 2. The monoisotopic (exact) mass is 283 g/mol. The predicted molar refractivity (Wildman–Crippen MR) is 78.9 cm³/mol. The minimum absolute atomic E-state index is 0.00950. The maximum atomic E-state index is 12.1. The van der Waals surface area contributed by atoms with Crippen LogP contribution in [-0.2, 0) is 4.79 Å². The van der Waals surface area contributed by atoms with Crippen molar-refractivity contribution in [1.82, 2.24) is 4.90 Å². The second-order valence-electron chi connectivity index (χ2n) is 4.64. The Kier molecular flexibility index (Phi) is 5.67. The molecule has 19 heavy (non-hydrogen) atoms. The maximum absolute atomic E-state index is 12.1. The lowest BCUT2D eigenvalue weighted by atomic mass is 10.1. The summed E-state index contributed by atoms with van der Waals surface area (Å²) < 4.78 is 5.73. The van der Waals surface area contributed by atoms with E-state index in [-0.39, 0.29) is 5.91 Å². The lowest BCUT2D eigenvalue weighted by molar-refractivity contribution is -0.137. The van der Waals surface area contributed by atoms with Crippen molar-refractivity contribution in [2.75, 3.05) is 13.1 Å². The van der Waals surface area contributed by atoms with Crippen LogP contribution in [0, 0.1) is 13.8 Å². The van der Waals surface area contributed by atoms with Gasteiger partial charge in [-0.3, -0.25) is 4.79 Å². The summed E-state index contributed by atoms with van der Waals surface area (Å²) in [4.78, 5) is 13.9. The van der Waals surface area contributed by atoms with Gasteiger partial charge in [-0.1, -0.05) is 11.6 Å². The largest absolute Gasteiger partial charge is 0.481 e. The lowest BCUT2D eigenvalue weighted by Gasteiger charge is -2.23. The molecule has 0 saturated carbocycles. The number of nitrogens with zero attached hydrogens (tertiary/aromatic N) is 1. The zero-order valence-electron chi connectivity index (χ0n) is 12.3. The number of amides is 1. The molecule has 0 bridgehead atoms. The van der Waals surface area contributed by atoms with Gasteiger partial charge in [-0.25, -0.2) is 0 Å². The molecule has 0 saturated heterocycles. The second-order valence-corrected chi connectivity index (χ2v) is 5.02. The topological polar surface area (TPSA) is 29.5 Å². The molecule has 0 N–H and O–H groups in total. The molecule has 0 aliphatic rings. The highest BCUT2D eigenvalue weighted by atomic mass is 35.5. The number of aryl methyl sites for hydroxylation is 2. The molecule has 0 aliphatic carbocycles. The number of hydrogen-bond donors (Lipinski definition) is 0. The molecule has 0 unspecified atom stereocenters. The molecule has 1 rings (SSSR count). The first-order valence-corrected chi connectivity index (χ1v) is 7.00. The third-order valence-corrected chi connectivity index (χ3v) is 3.74. The highest BCUT2D eigenvalue weighted by Gasteiger charge is 2.20. The van der Waals surface area contributed by atoms with Crippen LogP contribution in [0.15, 0.2) is 12.1 Å². The first kappa shape index (κ1) is 15.8. The Bertz CT molecular complexity index is 432. The third-order valence-electron chi connectivity index (χ3n) is 3.15. The van der Waals surface area contributed by atoms with Crippen LogP contribution < -0.4 is 4.74 Å². The molecule has 0 spiro atoms. The van der Waals surface area contributed by atoms with Gasteiger partial charge in [0.1, 0.15) is 5.75 Å². The lowest BCUT2D eigenvalue weighted by Crippen LogP contribution is -2.40. The summed E-state index contributed by atoms with van der Waals surface area (Å²) in [6, 6.07) is 3.72. The normalized spacial score (nSPS) is 12.1. The van der Waals surface area contributed by atoms with Crippen molar-refractivity contribution in [3.8, 4) is 5.75 Å². The fourth-order valence-corrected chi connectivity index (χ4v) is 2.13. The van der Waals surface area contributed by atoms with Gasteiger partial charge in [0, 0.05) is 18.1 Å². The molecule has 1 aromatic carbocycles. The quantitative estimate of drug-likeness (QED) is 0.826. The fourth-order valence-electron chi connectivity index (χ4n) is 2.02. The number of halogens is 1. The first-order chi connectivity index (χ1) is 8.90. The summed E-state index contributed by atoms with van der Waals surface area (Å²) >= 11 is 6.11. The molecule has 0 aromatic heterocycles. The van der Waals surface area contributed by atoms with Gasteiger partial charge in [0.25, 0.3) is 5.91 Å². The predicted octanol–water partition coefficient (Wildman–Crippen LogP) is 3.59. The third kappa shape index (κ3) is 3.87. The number of carbonyl (C=O) groups is 1. The van der Waals surface area contributed by atoms with Crippen molar-refractivity contribution >= 4 is 17.5 Å². The van der Waals surface area contributed by atoms with Crippen LogP contribution in [0.1, 0.15) is 31.9 Å². The van der Waals surface area contributed by atoms with E-state index >= 15 is 0 Å². The number of carbonyl (C=O) groups excluding carboxylic acids is 1. The molecule has 1 amide bonds. The van der Waals surface area contributed by atoms with E-state index in [1.807, 2.05) is 39.8 Å². The van der Waals surface area contributed by atoms with Gasteiger partial charge in [-0.05, 0) is 57.9 Å². The Balaban J connectivity index is 2.82. The minimum atomic E-state index is -0.486. The first-order valence-electron chi connectivity index (χ1n) is 6.62. The van der Waals surface area contributed by atoms with Gasteiger partial charge >= 0.3 is 0 Å². The molecule has 3 nitrogen and oxygen atoms in total. The van der Waals surface area contributed by atoms with Crippen LogP contribution >= 0.6 is 11.6 Å². The van der Waals surface area contributed by atoms with Crippen LogP contribution in [0.5, 0.6) is 5.75 Å². The van der Waals surface area contributed by atoms with Crippen LogP contribution in [0.25, 0.3) is 0 Å². The van der Waals surface area contributed by atoms with Crippen LogP contribution in [0.2, 0.25) is 5.02 Å². The van der Waals surface area contributed by atoms with E-state index in [2.05, 4.69) is 0 Å². The standard InChI is InChI=1S/C15H22ClNO2/c1-6-17(7-2)15(18)12(5)19-13-8-10(3)14(16)11(4)9-13/h8-9,12H,6-7H2,1-5H3/t12-/m1/s1. The van der Waals surface area contributed by atoms with Gasteiger partial charge in [0.15, 0.2) is 6.10 Å². The van der Waals surface area contributed by atoms with Crippen molar-refractivity contribution in [3.05, 3.63) is 28.3 Å². The van der Waals surface area contributed by atoms with Crippen LogP contribution in [0.4, 0.5) is 0 Å². The van der Waals surface area contributed by atoms with Gasteiger partial charge in [-0.15, -0.1) is 0 Å². The molecule has 106 valence electrons. The molecule has 1 atom stereocenters. The molecule has 0 fully saturated rings. The Morgan fingerprint density at radius 1 is 1.26 bits per heavy atom. The maximum Gasteiger partial charge on any atom is 0.263 e. The van der Waals surface area contributed by atoms with Gasteiger partial charge in [-0.2, -0.15) is 0 Å². The van der Waals surface area contributed by atoms with Crippen LogP contribution in [-0.4, -0.2) is 30.0 Å². The Morgan fingerprint density at radius 2 is 1.74 bits per heavy atom. The highest BCUT2D eigenvalue weighted by Crippen LogP contribution is 2.26. The average Bonchev–Trinajstić information content (AvgIpc) is 2.37. The smallest absolute Gasteiger partial charge is 0.263 e. The summed E-state index contributed by atoms with van der Waals surface area (Å²) in [6.45, 7) is 11.0. The number of rotatable bonds is 5. The highest BCUT2D eigenvalue weighted by molar-refractivity contribution is 6.32. The Morgan fingerprint density at radius 3 is 2.16 bits per heavy atom.